The Kier molecular flexibility index (Phi) is 4.80. The molecule has 0 aromatic heterocycles. The van der Waals surface area contributed by atoms with E-state index in [1.807, 2.05) is 0 Å². The number of carboxylic acid groups (broad SMARTS) is 1. The molecular formula is C10H11FN2O7S. The molecule has 9 nitrogen and oxygen atoms in total. The van der Waals surface area contributed by atoms with Crippen LogP contribution in [0.1, 0.15) is 6.92 Å². The normalized spacial score (nSPS) is 12.7. The van der Waals surface area contributed by atoms with Gasteiger partial charge in [-0.15, -0.1) is 0 Å². The molecule has 1 aromatic carbocycles. The maximum atomic E-state index is 13.7. The predicted molar refractivity (Wildman–Crippen MR) is 67.0 cm³/mol. The number of nitrogens with zero attached hydrogens (tertiary/aromatic N) is 1. The highest BCUT2D eigenvalue weighted by Crippen LogP contribution is 2.32. The van der Waals surface area contributed by atoms with Crippen LogP contribution < -0.4 is 9.46 Å². The first-order valence-electron chi connectivity index (χ1n) is 5.37. The van der Waals surface area contributed by atoms with Crippen LogP contribution in [0.4, 0.5) is 10.1 Å². The van der Waals surface area contributed by atoms with Gasteiger partial charge in [-0.2, -0.15) is 4.72 Å². The van der Waals surface area contributed by atoms with Crippen LogP contribution in [0.25, 0.3) is 0 Å². The second-order valence-corrected chi connectivity index (χ2v) is 5.61. The van der Waals surface area contributed by atoms with E-state index in [2.05, 4.69) is 4.74 Å². The summed E-state index contributed by atoms with van der Waals surface area (Å²) in [5, 5.41) is 19.4. The van der Waals surface area contributed by atoms with E-state index in [-0.39, 0.29) is 0 Å². The van der Waals surface area contributed by atoms with Crippen LogP contribution in [0.3, 0.4) is 0 Å². The molecule has 0 spiro atoms. The summed E-state index contributed by atoms with van der Waals surface area (Å²) in [6, 6.07) is -0.402. The van der Waals surface area contributed by atoms with Crippen LogP contribution in [-0.2, 0) is 14.8 Å². The van der Waals surface area contributed by atoms with Gasteiger partial charge in [-0.1, -0.05) is 0 Å². The molecule has 0 aliphatic heterocycles. The van der Waals surface area contributed by atoms with E-state index in [4.69, 9.17) is 5.11 Å². The number of nitro benzene ring substituents is 1. The van der Waals surface area contributed by atoms with Gasteiger partial charge >= 0.3 is 11.7 Å². The number of benzene rings is 1. The Hall–Kier alpha value is -2.27. The van der Waals surface area contributed by atoms with E-state index in [0.717, 1.165) is 14.0 Å². The van der Waals surface area contributed by atoms with E-state index in [0.29, 0.717) is 12.1 Å². The smallest absolute Gasteiger partial charge is 0.321 e. The van der Waals surface area contributed by atoms with Gasteiger partial charge in [0.25, 0.3) is 0 Å². The van der Waals surface area contributed by atoms with Gasteiger partial charge in [0.2, 0.25) is 15.8 Å². The molecule has 0 saturated carbocycles. The number of hydrogen-bond acceptors (Lipinski definition) is 6. The van der Waals surface area contributed by atoms with Gasteiger partial charge in [-0.25, -0.2) is 12.8 Å². The molecule has 0 bridgehead atoms. The van der Waals surface area contributed by atoms with Gasteiger partial charge in [-0.05, 0) is 13.0 Å². The molecular weight excluding hydrogens is 311 g/mol. The van der Waals surface area contributed by atoms with Crippen molar-refractivity contribution in [3.63, 3.8) is 0 Å². The van der Waals surface area contributed by atoms with Crippen LogP contribution in [0.5, 0.6) is 5.75 Å². The fraction of sp³-hybridized carbons (Fsp3) is 0.300. The number of hydrogen-bond donors (Lipinski definition) is 2. The Balaban J connectivity index is 3.38. The van der Waals surface area contributed by atoms with Gasteiger partial charge in [0.15, 0.2) is 5.82 Å². The minimum atomic E-state index is -4.44. The van der Waals surface area contributed by atoms with Crippen molar-refractivity contribution in [1.82, 2.24) is 4.72 Å². The summed E-state index contributed by atoms with van der Waals surface area (Å²) in [4.78, 5) is 19.6. The van der Waals surface area contributed by atoms with Gasteiger partial charge in [0.05, 0.1) is 16.9 Å². The number of nitrogens with one attached hydrogen (secondary N) is 1. The number of methoxy groups -OCH3 is 1. The molecule has 116 valence electrons. The van der Waals surface area contributed by atoms with Crippen LogP contribution >= 0.6 is 0 Å². The van der Waals surface area contributed by atoms with Crippen molar-refractivity contribution in [3.05, 3.63) is 28.1 Å². The van der Waals surface area contributed by atoms with Gasteiger partial charge in [0, 0.05) is 6.07 Å². The largest absolute Gasteiger partial charge is 0.488 e. The number of aliphatic carboxylic acids is 1. The Morgan fingerprint density at radius 3 is 2.52 bits per heavy atom. The average molecular weight is 322 g/mol. The molecule has 0 fully saturated rings. The molecule has 0 aliphatic carbocycles. The Morgan fingerprint density at radius 2 is 2.10 bits per heavy atom. The SMILES string of the molecule is COc1c(F)cc(S(=O)(=O)N[C@H](C)C(=O)O)cc1[N+](=O)[O-]. The Labute approximate surface area is 118 Å². The number of ether oxygens (including phenoxy) is 1. The molecule has 0 radical (unpaired) electrons. The first-order valence-corrected chi connectivity index (χ1v) is 6.85. The summed E-state index contributed by atoms with van der Waals surface area (Å²) in [5.41, 5.74) is -0.888. The van der Waals surface area contributed by atoms with Crippen molar-refractivity contribution < 1.29 is 32.4 Å². The Bertz CT molecular complexity index is 689. The van der Waals surface area contributed by atoms with Crippen molar-refractivity contribution >= 4 is 21.7 Å². The zero-order valence-electron chi connectivity index (χ0n) is 10.9. The molecule has 1 aromatic rings. The van der Waals surface area contributed by atoms with E-state index in [1.165, 1.54) is 0 Å². The standard InChI is InChI=1S/C10H11FN2O7S/c1-5(10(14)15)12-21(18,19)6-3-7(11)9(20-2)8(4-6)13(16)17/h3-5,12H,1-2H3,(H,14,15)/t5-/m1/s1. The van der Waals surface area contributed by atoms with E-state index >= 15 is 0 Å². The zero-order chi connectivity index (χ0) is 16.4. The third-order valence-electron chi connectivity index (χ3n) is 2.41. The summed E-state index contributed by atoms with van der Waals surface area (Å²) in [6.45, 7) is 1.05. The quantitative estimate of drug-likeness (QED) is 0.574. The molecule has 0 unspecified atom stereocenters. The lowest BCUT2D eigenvalue weighted by Crippen LogP contribution is -2.38. The van der Waals surface area contributed by atoms with Crippen molar-refractivity contribution in [3.8, 4) is 5.75 Å². The second-order valence-electron chi connectivity index (χ2n) is 3.90. The fourth-order valence-electron chi connectivity index (χ4n) is 1.40. The number of halogens is 1. The predicted octanol–water partition coefficient (Wildman–Crippen LogP) is 0.494. The topological polar surface area (TPSA) is 136 Å². The minimum Gasteiger partial charge on any atom is -0.488 e. The summed E-state index contributed by atoms with van der Waals surface area (Å²) < 4.78 is 43.6. The lowest BCUT2D eigenvalue weighted by molar-refractivity contribution is -0.386. The minimum absolute atomic E-state index is 0.503. The van der Waals surface area contributed by atoms with E-state index < -0.39 is 49.1 Å². The van der Waals surface area contributed by atoms with Crippen LogP contribution in [-0.4, -0.2) is 37.6 Å². The molecule has 2 N–H and O–H groups in total. The molecule has 21 heavy (non-hydrogen) atoms. The number of rotatable bonds is 6. The molecule has 1 atom stereocenters. The van der Waals surface area contributed by atoms with Gasteiger partial charge < -0.3 is 9.84 Å². The van der Waals surface area contributed by atoms with Crippen molar-refractivity contribution in [2.75, 3.05) is 7.11 Å². The van der Waals surface area contributed by atoms with Crippen LogP contribution in [0.2, 0.25) is 0 Å². The molecule has 0 aliphatic rings. The van der Waals surface area contributed by atoms with E-state index in [9.17, 15) is 27.7 Å². The summed E-state index contributed by atoms with van der Waals surface area (Å²) >= 11 is 0. The Morgan fingerprint density at radius 1 is 1.52 bits per heavy atom. The number of nitro groups is 1. The van der Waals surface area contributed by atoms with Gasteiger partial charge in [-0.3, -0.25) is 14.9 Å². The van der Waals surface area contributed by atoms with Crippen LogP contribution in [0, 0.1) is 15.9 Å². The first-order chi connectivity index (χ1) is 9.60. The molecule has 0 saturated heterocycles. The highest BCUT2D eigenvalue weighted by Gasteiger charge is 2.28. The van der Waals surface area contributed by atoms with Crippen LogP contribution in [0.15, 0.2) is 17.0 Å². The number of carboxylic acids is 1. The van der Waals surface area contributed by atoms with Crippen molar-refractivity contribution in [1.29, 1.82) is 0 Å². The number of carbonyl (C=O) groups is 1. The molecule has 11 heteroatoms. The van der Waals surface area contributed by atoms with Crippen molar-refractivity contribution in [2.45, 2.75) is 17.9 Å². The third-order valence-corrected chi connectivity index (χ3v) is 3.93. The highest BCUT2D eigenvalue weighted by atomic mass is 32.2. The molecule has 1 rings (SSSR count). The summed E-state index contributed by atoms with van der Waals surface area (Å²) in [7, 11) is -3.45. The molecule has 0 heterocycles. The maximum Gasteiger partial charge on any atom is 0.321 e. The maximum absolute atomic E-state index is 13.7. The third kappa shape index (κ3) is 3.64. The monoisotopic (exact) mass is 322 g/mol. The lowest BCUT2D eigenvalue weighted by atomic mass is 10.3. The average Bonchev–Trinajstić information content (AvgIpc) is 2.36. The highest BCUT2D eigenvalue weighted by molar-refractivity contribution is 7.89. The summed E-state index contributed by atoms with van der Waals surface area (Å²) in [6.07, 6.45) is 0. The van der Waals surface area contributed by atoms with Crippen molar-refractivity contribution in [2.24, 2.45) is 0 Å². The number of sulfonamides is 1. The summed E-state index contributed by atoms with van der Waals surface area (Å²) in [5.74, 6) is -3.43. The van der Waals surface area contributed by atoms with Gasteiger partial charge in [0.1, 0.15) is 6.04 Å². The van der Waals surface area contributed by atoms with E-state index in [1.54, 1.807) is 4.72 Å². The lowest BCUT2D eigenvalue weighted by Gasteiger charge is -2.11. The second kappa shape index (κ2) is 6.01. The zero-order valence-corrected chi connectivity index (χ0v) is 11.7. The fourth-order valence-corrected chi connectivity index (χ4v) is 2.63. The first kappa shape index (κ1) is 16.8. The molecule has 0 amide bonds.